The minimum atomic E-state index is 0.125. The van der Waals surface area contributed by atoms with Gasteiger partial charge in [0.1, 0.15) is 0 Å². The van der Waals surface area contributed by atoms with Gasteiger partial charge in [-0.05, 0) is 56.8 Å². The Bertz CT molecular complexity index is 324. The molecule has 17 heavy (non-hydrogen) atoms. The van der Waals surface area contributed by atoms with Crippen molar-refractivity contribution in [3.8, 4) is 0 Å². The van der Waals surface area contributed by atoms with Crippen molar-refractivity contribution in [2.75, 3.05) is 7.05 Å². The molecule has 3 rings (SSSR count). The summed E-state index contributed by atoms with van der Waals surface area (Å²) in [4.78, 5) is 14.6. The summed E-state index contributed by atoms with van der Waals surface area (Å²) in [5.41, 5.74) is 6.25. The molecule has 0 radical (unpaired) electrons. The van der Waals surface area contributed by atoms with Crippen LogP contribution in [0.25, 0.3) is 0 Å². The highest BCUT2D eigenvalue weighted by atomic mass is 16.2. The zero-order chi connectivity index (χ0) is 12.2. The fourth-order valence-electron chi connectivity index (χ4n) is 4.03. The predicted molar refractivity (Wildman–Crippen MR) is 67.3 cm³/mol. The van der Waals surface area contributed by atoms with Crippen LogP contribution in [0.4, 0.5) is 0 Å². The first-order chi connectivity index (χ1) is 8.09. The maximum absolute atomic E-state index is 12.6. The van der Waals surface area contributed by atoms with Crippen LogP contribution in [0.2, 0.25) is 0 Å². The van der Waals surface area contributed by atoms with Gasteiger partial charge in [0, 0.05) is 19.1 Å². The van der Waals surface area contributed by atoms with Crippen molar-refractivity contribution < 1.29 is 4.79 Å². The van der Waals surface area contributed by atoms with E-state index in [1.165, 1.54) is 32.1 Å². The van der Waals surface area contributed by atoms with Gasteiger partial charge in [0.05, 0.1) is 5.92 Å². The lowest BCUT2D eigenvalue weighted by molar-refractivity contribution is -0.138. The fourth-order valence-corrected chi connectivity index (χ4v) is 4.03. The lowest BCUT2D eigenvalue weighted by Crippen LogP contribution is -2.48. The van der Waals surface area contributed by atoms with Gasteiger partial charge in [-0.15, -0.1) is 0 Å². The Morgan fingerprint density at radius 3 is 2.41 bits per heavy atom. The van der Waals surface area contributed by atoms with Crippen LogP contribution in [-0.2, 0) is 4.79 Å². The van der Waals surface area contributed by atoms with E-state index in [0.717, 1.165) is 5.92 Å². The largest absolute Gasteiger partial charge is 0.342 e. The summed E-state index contributed by atoms with van der Waals surface area (Å²) in [5.74, 6) is 2.40. The Labute approximate surface area is 104 Å². The molecule has 2 N–H and O–H groups in total. The minimum Gasteiger partial charge on any atom is -0.342 e. The third-order valence-electron chi connectivity index (χ3n) is 5.53. The molecular weight excluding hydrogens is 212 g/mol. The zero-order valence-electron chi connectivity index (χ0n) is 10.9. The molecule has 0 aromatic rings. The molecule has 5 atom stereocenters. The lowest BCUT2D eigenvalue weighted by Gasteiger charge is -2.33. The molecule has 0 heterocycles. The number of amides is 1. The van der Waals surface area contributed by atoms with Crippen LogP contribution in [0.15, 0.2) is 0 Å². The van der Waals surface area contributed by atoms with E-state index < -0.39 is 0 Å². The number of carbonyl (C=O) groups is 1. The van der Waals surface area contributed by atoms with Crippen molar-refractivity contribution in [3.63, 3.8) is 0 Å². The first-order valence-corrected chi connectivity index (χ1v) is 7.12. The van der Waals surface area contributed by atoms with Crippen LogP contribution in [0.3, 0.4) is 0 Å². The van der Waals surface area contributed by atoms with Gasteiger partial charge in [0.2, 0.25) is 5.91 Å². The summed E-state index contributed by atoms with van der Waals surface area (Å²) in [6.45, 7) is 2.19. The molecule has 0 aliphatic heterocycles. The average molecular weight is 236 g/mol. The second-order valence-electron chi connectivity index (χ2n) is 6.46. The number of hydrogen-bond donors (Lipinski definition) is 1. The van der Waals surface area contributed by atoms with Gasteiger partial charge in [0.25, 0.3) is 0 Å². The fraction of sp³-hybridized carbons (Fsp3) is 0.929. The Balaban J connectivity index is 1.69. The summed E-state index contributed by atoms with van der Waals surface area (Å²) in [5, 5.41) is 0. The predicted octanol–water partition coefficient (Wildman–Crippen LogP) is 1.62. The van der Waals surface area contributed by atoms with Gasteiger partial charge in [-0.1, -0.05) is 0 Å². The van der Waals surface area contributed by atoms with Crippen LogP contribution >= 0.6 is 0 Å². The number of nitrogens with two attached hydrogens (primary N) is 1. The molecule has 3 aliphatic rings. The van der Waals surface area contributed by atoms with Gasteiger partial charge in [0.15, 0.2) is 0 Å². The van der Waals surface area contributed by atoms with Gasteiger partial charge >= 0.3 is 0 Å². The molecule has 3 fully saturated rings. The molecule has 2 bridgehead atoms. The Morgan fingerprint density at radius 1 is 1.24 bits per heavy atom. The van der Waals surface area contributed by atoms with Gasteiger partial charge in [-0.3, -0.25) is 4.79 Å². The summed E-state index contributed by atoms with van der Waals surface area (Å²) in [6.07, 6.45) is 6.25. The Kier molecular flexibility index (Phi) is 2.69. The minimum absolute atomic E-state index is 0.125. The third kappa shape index (κ3) is 1.79. The van der Waals surface area contributed by atoms with E-state index in [2.05, 4.69) is 6.92 Å². The molecule has 0 spiro atoms. The Morgan fingerprint density at radius 2 is 1.88 bits per heavy atom. The first-order valence-electron chi connectivity index (χ1n) is 7.12. The van der Waals surface area contributed by atoms with Crippen molar-refractivity contribution in [2.24, 2.45) is 29.4 Å². The third-order valence-corrected chi connectivity index (χ3v) is 5.53. The van der Waals surface area contributed by atoms with Crippen LogP contribution in [0, 0.1) is 23.7 Å². The highest BCUT2D eigenvalue weighted by Gasteiger charge is 2.50. The van der Waals surface area contributed by atoms with Crippen LogP contribution in [0.5, 0.6) is 0 Å². The summed E-state index contributed by atoms with van der Waals surface area (Å²) < 4.78 is 0. The van der Waals surface area contributed by atoms with Crippen molar-refractivity contribution in [3.05, 3.63) is 0 Å². The number of nitrogens with zero attached hydrogens (tertiary/aromatic N) is 1. The molecule has 3 saturated carbocycles. The summed E-state index contributed by atoms with van der Waals surface area (Å²) in [6, 6.07) is 0.545. The quantitative estimate of drug-likeness (QED) is 0.809. The van der Waals surface area contributed by atoms with Crippen molar-refractivity contribution in [1.29, 1.82) is 0 Å². The topological polar surface area (TPSA) is 46.3 Å². The van der Waals surface area contributed by atoms with Crippen LogP contribution < -0.4 is 5.73 Å². The second kappa shape index (κ2) is 3.98. The molecule has 0 aromatic heterocycles. The van der Waals surface area contributed by atoms with E-state index >= 15 is 0 Å². The molecule has 0 saturated heterocycles. The number of hydrogen-bond acceptors (Lipinski definition) is 2. The number of fused-ring (bicyclic) bond motifs is 2. The maximum Gasteiger partial charge on any atom is 0.227 e. The van der Waals surface area contributed by atoms with Crippen molar-refractivity contribution >= 4 is 5.91 Å². The summed E-state index contributed by atoms with van der Waals surface area (Å²) in [7, 11) is 1.98. The molecule has 3 aliphatic carbocycles. The van der Waals surface area contributed by atoms with E-state index in [4.69, 9.17) is 5.73 Å². The van der Waals surface area contributed by atoms with Crippen LogP contribution in [-0.4, -0.2) is 29.9 Å². The lowest BCUT2D eigenvalue weighted by atomic mass is 9.83. The average Bonchev–Trinajstić information content (AvgIpc) is 2.99. The van der Waals surface area contributed by atoms with E-state index in [1.54, 1.807) is 0 Å². The first kappa shape index (κ1) is 11.5. The molecular formula is C14H24N2O. The number of carbonyl (C=O) groups excluding carboxylic acids is 1. The normalized spacial score (nSPS) is 41.6. The summed E-state index contributed by atoms with van der Waals surface area (Å²) >= 11 is 0. The Hall–Kier alpha value is -0.570. The van der Waals surface area contributed by atoms with E-state index in [1.807, 2.05) is 11.9 Å². The van der Waals surface area contributed by atoms with Crippen molar-refractivity contribution in [2.45, 2.75) is 51.1 Å². The van der Waals surface area contributed by atoms with E-state index in [9.17, 15) is 4.79 Å². The molecule has 96 valence electrons. The van der Waals surface area contributed by atoms with E-state index in [0.29, 0.717) is 23.8 Å². The highest BCUT2D eigenvalue weighted by Crippen LogP contribution is 2.48. The van der Waals surface area contributed by atoms with Gasteiger partial charge in [-0.25, -0.2) is 0 Å². The smallest absolute Gasteiger partial charge is 0.227 e. The van der Waals surface area contributed by atoms with Crippen molar-refractivity contribution in [1.82, 2.24) is 4.90 Å². The van der Waals surface area contributed by atoms with Gasteiger partial charge < -0.3 is 10.6 Å². The molecule has 5 unspecified atom stereocenters. The SMILES string of the molecule is CC(C1CC1)N(C)C(=O)C1C2CCC(C2)C1N. The molecule has 3 heteroatoms. The maximum atomic E-state index is 12.6. The van der Waals surface area contributed by atoms with Crippen LogP contribution in [0.1, 0.15) is 39.0 Å². The molecule has 3 nitrogen and oxygen atoms in total. The zero-order valence-corrected chi connectivity index (χ0v) is 10.9. The standard InChI is InChI=1S/C14H24N2O/c1-8(9-3-4-9)16(2)14(17)12-10-5-6-11(7-10)13(12)15/h8-13H,3-7,15H2,1-2H3. The number of rotatable bonds is 3. The van der Waals surface area contributed by atoms with E-state index in [-0.39, 0.29) is 12.0 Å². The monoisotopic (exact) mass is 236 g/mol. The molecule has 0 aromatic carbocycles. The second-order valence-corrected chi connectivity index (χ2v) is 6.46. The molecule has 1 amide bonds. The van der Waals surface area contributed by atoms with Gasteiger partial charge in [-0.2, -0.15) is 0 Å². The highest BCUT2D eigenvalue weighted by molar-refractivity contribution is 5.80.